The maximum absolute atomic E-state index is 11.2. The van der Waals surface area contributed by atoms with Crippen LogP contribution in [0.15, 0.2) is 22.6 Å². The number of benzene rings is 1. The Balaban J connectivity index is 2.38. The second-order valence-electron chi connectivity index (χ2n) is 3.30. The highest BCUT2D eigenvalue weighted by atomic mass is 32.2. The molecule has 1 aromatic carbocycles. The molecule has 0 radical (unpaired) electrons. The summed E-state index contributed by atoms with van der Waals surface area (Å²) < 4.78 is 17.5. The fraction of sp³-hybridized carbons (Fsp3) is 0.111. The van der Waals surface area contributed by atoms with Gasteiger partial charge in [0.2, 0.25) is 11.2 Å². The number of fused-ring (bicyclic) bond motifs is 1. The summed E-state index contributed by atoms with van der Waals surface area (Å²) in [7, 11) is 0. The Morgan fingerprint density at radius 1 is 1.59 bits per heavy atom. The molecule has 0 aromatic heterocycles. The normalized spacial score (nSPS) is 17.6. The first kappa shape index (κ1) is 11.4. The first-order valence-electron chi connectivity index (χ1n) is 4.69. The molecule has 1 aromatic rings. The number of carbonyl (C=O) groups is 1. The summed E-state index contributed by atoms with van der Waals surface area (Å²) in [6.07, 6.45) is 0. The molecule has 17 heavy (non-hydrogen) atoms. The number of amidine groups is 1. The van der Waals surface area contributed by atoms with Crippen LogP contribution in [0.2, 0.25) is 0 Å². The van der Waals surface area contributed by atoms with Gasteiger partial charge in [-0.3, -0.25) is 9.52 Å². The Hall–Kier alpha value is -2.09. The van der Waals surface area contributed by atoms with Crippen molar-refractivity contribution in [2.45, 2.75) is 0 Å². The van der Waals surface area contributed by atoms with Gasteiger partial charge in [0.1, 0.15) is 12.4 Å². The topological polar surface area (TPSA) is 117 Å². The van der Waals surface area contributed by atoms with E-state index in [-0.39, 0.29) is 12.4 Å². The van der Waals surface area contributed by atoms with Gasteiger partial charge in [-0.2, -0.15) is 4.40 Å². The molecule has 1 heterocycles. The summed E-state index contributed by atoms with van der Waals surface area (Å²) in [5.74, 6) is -0.865. The molecular weight excluding hydrogens is 244 g/mol. The lowest BCUT2D eigenvalue weighted by atomic mass is 10.1. The van der Waals surface area contributed by atoms with Crippen LogP contribution in [-0.2, 0) is 16.0 Å². The van der Waals surface area contributed by atoms with E-state index < -0.39 is 17.1 Å². The highest BCUT2D eigenvalue weighted by Gasteiger charge is 2.19. The molecule has 1 atom stereocenters. The van der Waals surface area contributed by atoms with Crippen LogP contribution in [-0.4, -0.2) is 27.7 Å². The molecule has 0 saturated heterocycles. The highest BCUT2D eigenvalue weighted by molar-refractivity contribution is 7.85. The van der Waals surface area contributed by atoms with E-state index in [4.69, 9.17) is 10.8 Å². The van der Waals surface area contributed by atoms with Crippen LogP contribution in [0, 0.1) is 0 Å². The van der Waals surface area contributed by atoms with E-state index in [1.807, 2.05) is 0 Å². The van der Waals surface area contributed by atoms with Crippen LogP contribution in [0.5, 0.6) is 0 Å². The molecule has 5 N–H and O–H groups in total. The predicted molar refractivity (Wildman–Crippen MR) is 65.1 cm³/mol. The summed E-state index contributed by atoms with van der Waals surface area (Å²) in [5.41, 5.74) is 7.31. The van der Waals surface area contributed by atoms with Crippen molar-refractivity contribution in [3.8, 4) is 0 Å². The number of nitrogens with zero attached hydrogens (tertiary/aromatic N) is 1. The lowest BCUT2D eigenvalue weighted by Gasteiger charge is -2.18. The molecule has 0 amide bonds. The van der Waals surface area contributed by atoms with E-state index in [9.17, 15) is 9.00 Å². The zero-order valence-corrected chi connectivity index (χ0v) is 9.45. The third-order valence-electron chi connectivity index (χ3n) is 2.13. The Morgan fingerprint density at radius 3 is 3.06 bits per heavy atom. The molecule has 90 valence electrons. The number of hydrogen-bond donors (Lipinski definition) is 4. The molecule has 1 aliphatic heterocycles. The maximum atomic E-state index is 11.2. The summed E-state index contributed by atoms with van der Waals surface area (Å²) in [4.78, 5) is 10.5. The number of rotatable bonds is 3. The zero-order chi connectivity index (χ0) is 12.4. The van der Waals surface area contributed by atoms with Crippen LogP contribution in [0.3, 0.4) is 0 Å². The van der Waals surface area contributed by atoms with E-state index >= 15 is 0 Å². The predicted octanol–water partition coefficient (Wildman–Crippen LogP) is -0.107. The number of nitrogens with one attached hydrogen (secondary N) is 2. The molecule has 0 saturated carbocycles. The van der Waals surface area contributed by atoms with Crippen LogP contribution in [0.4, 0.5) is 11.4 Å². The minimum Gasteiger partial charge on any atom is -0.480 e. The average Bonchev–Trinajstić information content (AvgIpc) is 2.25. The second kappa shape index (κ2) is 4.42. The molecule has 8 heteroatoms. The Kier molecular flexibility index (Phi) is 2.96. The van der Waals surface area contributed by atoms with Crippen LogP contribution in [0.1, 0.15) is 5.56 Å². The summed E-state index contributed by atoms with van der Waals surface area (Å²) in [6, 6.07) is 5.08. The minimum absolute atomic E-state index is 0.116. The number of carboxylic acid groups (broad SMARTS) is 1. The third-order valence-corrected chi connectivity index (χ3v) is 2.89. The first-order valence-corrected chi connectivity index (χ1v) is 5.80. The molecule has 0 aliphatic carbocycles. The van der Waals surface area contributed by atoms with E-state index in [1.54, 1.807) is 18.2 Å². The van der Waals surface area contributed by atoms with Crippen LogP contribution < -0.4 is 15.8 Å². The summed E-state index contributed by atoms with van der Waals surface area (Å²) in [6.45, 7) is -0.229. The van der Waals surface area contributed by atoms with Crippen molar-refractivity contribution >= 4 is 34.4 Å². The monoisotopic (exact) mass is 254 g/mol. The Labute approximate surface area is 99.5 Å². The molecule has 0 bridgehead atoms. The van der Waals surface area contributed by atoms with Gasteiger partial charge in [0.15, 0.2) is 0 Å². The fourth-order valence-corrected chi connectivity index (χ4v) is 2.16. The van der Waals surface area contributed by atoms with Crippen molar-refractivity contribution in [2.24, 2.45) is 10.1 Å². The second-order valence-corrected chi connectivity index (χ2v) is 4.19. The first-order chi connectivity index (χ1) is 8.08. The molecular formula is C9H10N4O3S. The van der Waals surface area contributed by atoms with Crippen molar-refractivity contribution < 1.29 is 14.1 Å². The van der Waals surface area contributed by atoms with Gasteiger partial charge in [-0.1, -0.05) is 6.07 Å². The smallest absolute Gasteiger partial charge is 0.322 e. The standard InChI is InChI=1S/C9H10N4O3S/c10-9-8-5(11-4-7(14)15)2-1-3-6(8)12-17(16)13-9/h1-3,11-12H,4H2,(H2,10,13)(H,14,15). The lowest BCUT2D eigenvalue weighted by molar-refractivity contribution is -0.134. The largest absolute Gasteiger partial charge is 0.480 e. The number of hydrogen-bond acceptors (Lipinski definition) is 4. The Bertz CT molecular complexity index is 529. The van der Waals surface area contributed by atoms with Gasteiger partial charge in [-0.25, -0.2) is 4.21 Å². The van der Waals surface area contributed by atoms with Crippen molar-refractivity contribution in [1.29, 1.82) is 0 Å². The van der Waals surface area contributed by atoms with E-state index in [1.165, 1.54) is 0 Å². The molecule has 0 spiro atoms. The van der Waals surface area contributed by atoms with Crippen LogP contribution in [0.25, 0.3) is 0 Å². The maximum Gasteiger partial charge on any atom is 0.322 e. The van der Waals surface area contributed by atoms with Gasteiger partial charge in [-0.15, -0.1) is 0 Å². The molecule has 0 fully saturated rings. The minimum atomic E-state index is -1.58. The molecule has 7 nitrogen and oxygen atoms in total. The van der Waals surface area contributed by atoms with E-state index in [0.29, 0.717) is 16.9 Å². The molecule has 1 aliphatic rings. The van der Waals surface area contributed by atoms with Crippen LogP contribution >= 0.6 is 0 Å². The van der Waals surface area contributed by atoms with Gasteiger partial charge in [0, 0.05) is 5.69 Å². The van der Waals surface area contributed by atoms with Crippen molar-refractivity contribution in [1.82, 2.24) is 0 Å². The SMILES string of the molecule is NC1=NS(=O)Nc2cccc(NCC(=O)O)c21. The zero-order valence-electron chi connectivity index (χ0n) is 8.64. The fourth-order valence-electron chi connectivity index (χ4n) is 1.48. The number of carboxylic acids is 1. The number of aliphatic carboxylic acids is 1. The third kappa shape index (κ3) is 2.36. The summed E-state index contributed by atoms with van der Waals surface area (Å²) in [5, 5.41) is 11.3. The van der Waals surface area contributed by atoms with E-state index in [0.717, 1.165) is 0 Å². The van der Waals surface area contributed by atoms with Gasteiger partial charge < -0.3 is 16.2 Å². The number of anilines is 2. The van der Waals surface area contributed by atoms with Gasteiger partial charge in [0.25, 0.3) is 0 Å². The Morgan fingerprint density at radius 2 is 2.35 bits per heavy atom. The van der Waals surface area contributed by atoms with E-state index in [2.05, 4.69) is 14.4 Å². The van der Waals surface area contributed by atoms with Crippen molar-refractivity contribution in [2.75, 3.05) is 16.6 Å². The summed E-state index contributed by atoms with van der Waals surface area (Å²) >= 11 is -1.58. The average molecular weight is 254 g/mol. The highest BCUT2D eigenvalue weighted by Crippen LogP contribution is 2.27. The van der Waals surface area contributed by atoms with Gasteiger partial charge >= 0.3 is 5.97 Å². The molecule has 2 rings (SSSR count). The quantitative estimate of drug-likeness (QED) is 0.600. The number of nitrogens with two attached hydrogens (primary N) is 1. The van der Waals surface area contributed by atoms with Gasteiger partial charge in [0.05, 0.1) is 11.3 Å². The van der Waals surface area contributed by atoms with Gasteiger partial charge in [-0.05, 0) is 12.1 Å². The van der Waals surface area contributed by atoms with Crippen molar-refractivity contribution in [3.05, 3.63) is 23.8 Å². The van der Waals surface area contributed by atoms with Crippen molar-refractivity contribution in [3.63, 3.8) is 0 Å². The lowest BCUT2D eigenvalue weighted by Crippen LogP contribution is -2.25. The molecule has 1 unspecified atom stereocenters.